The molecule has 1 atom stereocenters. The molecule has 0 N–H and O–H groups in total. The highest BCUT2D eigenvalue weighted by atomic mass is 15.1. The zero-order valence-electron chi connectivity index (χ0n) is 8.46. The maximum absolute atomic E-state index is 8.89. The lowest BCUT2D eigenvalue weighted by Crippen LogP contribution is -2.07. The van der Waals surface area contributed by atoms with Crippen molar-refractivity contribution in [3.8, 4) is 6.07 Å². The van der Waals surface area contributed by atoms with Crippen molar-refractivity contribution in [3.05, 3.63) is 54.1 Å². The molecule has 1 aromatic heterocycles. The van der Waals surface area contributed by atoms with Crippen molar-refractivity contribution in [2.75, 3.05) is 0 Å². The molecule has 3 nitrogen and oxygen atoms in total. The molecule has 0 fully saturated rings. The van der Waals surface area contributed by atoms with Crippen molar-refractivity contribution in [1.82, 2.24) is 9.55 Å². The SMILES string of the molecule is CC(c1ccccc1)n1cncc1C#N. The van der Waals surface area contributed by atoms with Gasteiger partial charge in [0, 0.05) is 0 Å². The van der Waals surface area contributed by atoms with Crippen molar-refractivity contribution in [3.63, 3.8) is 0 Å². The molecule has 2 rings (SSSR count). The van der Waals surface area contributed by atoms with E-state index in [1.54, 1.807) is 12.5 Å². The summed E-state index contributed by atoms with van der Waals surface area (Å²) in [4.78, 5) is 3.98. The molecule has 1 aromatic carbocycles. The normalized spacial score (nSPS) is 12.0. The summed E-state index contributed by atoms with van der Waals surface area (Å²) >= 11 is 0. The number of rotatable bonds is 2. The summed E-state index contributed by atoms with van der Waals surface area (Å²) in [7, 11) is 0. The Bertz CT molecular complexity index is 479. The lowest BCUT2D eigenvalue weighted by Gasteiger charge is -2.14. The summed E-state index contributed by atoms with van der Waals surface area (Å²) in [6.45, 7) is 2.05. The Morgan fingerprint density at radius 2 is 2.07 bits per heavy atom. The van der Waals surface area contributed by atoms with Crippen LogP contribution in [0.3, 0.4) is 0 Å². The molecule has 0 aliphatic carbocycles. The van der Waals surface area contributed by atoms with Crippen LogP contribution in [0.1, 0.15) is 24.2 Å². The number of hydrogen-bond donors (Lipinski definition) is 0. The van der Waals surface area contributed by atoms with E-state index in [4.69, 9.17) is 5.26 Å². The first-order chi connectivity index (χ1) is 7.33. The third-order valence-corrected chi connectivity index (χ3v) is 2.48. The molecular weight excluding hydrogens is 186 g/mol. The number of benzene rings is 1. The van der Waals surface area contributed by atoms with E-state index in [-0.39, 0.29) is 6.04 Å². The van der Waals surface area contributed by atoms with Crippen molar-refractivity contribution in [1.29, 1.82) is 5.26 Å². The van der Waals surface area contributed by atoms with Gasteiger partial charge in [0.2, 0.25) is 0 Å². The number of hydrogen-bond acceptors (Lipinski definition) is 2. The van der Waals surface area contributed by atoms with Crippen LogP contribution in [0, 0.1) is 11.3 Å². The molecule has 0 radical (unpaired) electrons. The number of imidazole rings is 1. The number of aromatic nitrogens is 2. The Balaban J connectivity index is 2.38. The monoisotopic (exact) mass is 197 g/mol. The third-order valence-electron chi connectivity index (χ3n) is 2.48. The van der Waals surface area contributed by atoms with Gasteiger partial charge in [-0.25, -0.2) is 4.98 Å². The molecule has 2 aromatic rings. The van der Waals surface area contributed by atoms with Gasteiger partial charge in [0.05, 0.1) is 18.6 Å². The fourth-order valence-corrected chi connectivity index (χ4v) is 1.59. The van der Waals surface area contributed by atoms with Crippen LogP contribution in [0.4, 0.5) is 0 Å². The molecule has 0 saturated heterocycles. The first-order valence-corrected chi connectivity index (χ1v) is 4.80. The minimum absolute atomic E-state index is 0.142. The molecule has 15 heavy (non-hydrogen) atoms. The van der Waals surface area contributed by atoms with Crippen LogP contribution < -0.4 is 0 Å². The first kappa shape index (κ1) is 9.47. The highest BCUT2D eigenvalue weighted by molar-refractivity contribution is 5.24. The van der Waals surface area contributed by atoms with Gasteiger partial charge >= 0.3 is 0 Å². The lowest BCUT2D eigenvalue weighted by atomic mass is 10.1. The van der Waals surface area contributed by atoms with Gasteiger partial charge < -0.3 is 4.57 Å². The Morgan fingerprint density at radius 1 is 1.33 bits per heavy atom. The van der Waals surface area contributed by atoms with Crippen LogP contribution in [0.25, 0.3) is 0 Å². The van der Waals surface area contributed by atoms with Crippen molar-refractivity contribution in [2.45, 2.75) is 13.0 Å². The van der Waals surface area contributed by atoms with Crippen LogP contribution in [0.2, 0.25) is 0 Å². The fraction of sp³-hybridized carbons (Fsp3) is 0.167. The third kappa shape index (κ3) is 1.75. The van der Waals surface area contributed by atoms with Gasteiger partial charge in [0.15, 0.2) is 0 Å². The van der Waals surface area contributed by atoms with E-state index in [1.807, 2.05) is 34.9 Å². The summed E-state index contributed by atoms with van der Waals surface area (Å²) in [5.41, 5.74) is 1.76. The van der Waals surface area contributed by atoms with Crippen LogP contribution in [0.5, 0.6) is 0 Å². The highest BCUT2D eigenvalue weighted by Gasteiger charge is 2.10. The van der Waals surface area contributed by atoms with Crippen LogP contribution in [0.15, 0.2) is 42.9 Å². The molecule has 0 aliphatic heterocycles. The second kappa shape index (κ2) is 3.97. The summed E-state index contributed by atoms with van der Waals surface area (Å²) in [6, 6.07) is 12.3. The largest absolute Gasteiger partial charge is 0.315 e. The Kier molecular flexibility index (Phi) is 2.51. The fourth-order valence-electron chi connectivity index (χ4n) is 1.59. The molecule has 0 aliphatic rings. The summed E-state index contributed by atoms with van der Waals surface area (Å²) < 4.78 is 1.87. The van der Waals surface area contributed by atoms with E-state index in [0.717, 1.165) is 0 Å². The van der Waals surface area contributed by atoms with Crippen molar-refractivity contribution < 1.29 is 0 Å². The molecule has 3 heteroatoms. The topological polar surface area (TPSA) is 41.6 Å². The molecule has 0 bridgehead atoms. The quantitative estimate of drug-likeness (QED) is 0.741. The van der Waals surface area contributed by atoms with E-state index >= 15 is 0 Å². The van der Waals surface area contributed by atoms with E-state index < -0.39 is 0 Å². The zero-order chi connectivity index (χ0) is 10.7. The molecule has 0 spiro atoms. The summed E-state index contributed by atoms with van der Waals surface area (Å²) in [5, 5.41) is 8.89. The molecule has 0 saturated carbocycles. The summed E-state index contributed by atoms with van der Waals surface area (Å²) in [6.07, 6.45) is 3.27. The predicted molar refractivity (Wildman–Crippen MR) is 57.2 cm³/mol. The molecule has 1 unspecified atom stereocenters. The molecule has 1 heterocycles. The Morgan fingerprint density at radius 3 is 2.73 bits per heavy atom. The van der Waals surface area contributed by atoms with Gasteiger partial charge in [-0.2, -0.15) is 5.26 Å². The smallest absolute Gasteiger partial charge is 0.140 e. The molecular formula is C12H11N3. The second-order valence-corrected chi connectivity index (χ2v) is 3.38. The minimum atomic E-state index is 0.142. The standard InChI is InChI=1S/C12H11N3/c1-10(11-5-3-2-4-6-11)15-9-14-8-12(15)7-13/h2-6,8-10H,1H3. The molecule has 74 valence electrons. The van der Waals surface area contributed by atoms with Gasteiger partial charge in [0.1, 0.15) is 11.8 Å². The van der Waals surface area contributed by atoms with Crippen LogP contribution in [-0.2, 0) is 0 Å². The number of nitrogens with zero attached hydrogens (tertiary/aromatic N) is 3. The van der Waals surface area contributed by atoms with Gasteiger partial charge in [-0.3, -0.25) is 0 Å². The Labute approximate surface area is 88.6 Å². The second-order valence-electron chi connectivity index (χ2n) is 3.38. The average Bonchev–Trinajstić information content (AvgIpc) is 2.77. The zero-order valence-corrected chi connectivity index (χ0v) is 8.46. The predicted octanol–water partition coefficient (Wildman–Crippen LogP) is 2.36. The van der Waals surface area contributed by atoms with Crippen LogP contribution in [-0.4, -0.2) is 9.55 Å². The van der Waals surface area contributed by atoms with Gasteiger partial charge in [-0.05, 0) is 12.5 Å². The first-order valence-electron chi connectivity index (χ1n) is 4.80. The summed E-state index contributed by atoms with van der Waals surface area (Å²) in [5.74, 6) is 0. The highest BCUT2D eigenvalue weighted by Crippen LogP contribution is 2.18. The van der Waals surface area contributed by atoms with E-state index in [1.165, 1.54) is 5.56 Å². The van der Waals surface area contributed by atoms with Gasteiger partial charge in [0.25, 0.3) is 0 Å². The van der Waals surface area contributed by atoms with Crippen LogP contribution >= 0.6 is 0 Å². The average molecular weight is 197 g/mol. The minimum Gasteiger partial charge on any atom is -0.315 e. The van der Waals surface area contributed by atoms with Crippen molar-refractivity contribution >= 4 is 0 Å². The molecule has 0 amide bonds. The van der Waals surface area contributed by atoms with Gasteiger partial charge in [-0.15, -0.1) is 0 Å². The maximum Gasteiger partial charge on any atom is 0.140 e. The van der Waals surface area contributed by atoms with Crippen molar-refractivity contribution in [2.24, 2.45) is 0 Å². The Hall–Kier alpha value is -2.08. The van der Waals surface area contributed by atoms with E-state index in [9.17, 15) is 0 Å². The number of nitriles is 1. The van der Waals surface area contributed by atoms with Gasteiger partial charge in [-0.1, -0.05) is 30.3 Å². The van der Waals surface area contributed by atoms with E-state index in [0.29, 0.717) is 5.69 Å². The lowest BCUT2D eigenvalue weighted by molar-refractivity contribution is 0.632. The van der Waals surface area contributed by atoms with E-state index in [2.05, 4.69) is 18.0 Å². The maximum atomic E-state index is 8.89.